The Labute approximate surface area is 144 Å². The molecule has 2 heterocycles. The van der Waals surface area contributed by atoms with E-state index in [1.54, 1.807) is 23.9 Å². The minimum absolute atomic E-state index is 0.0510. The van der Waals surface area contributed by atoms with Gasteiger partial charge in [0.25, 0.3) is 0 Å². The number of imidazole rings is 1. The van der Waals surface area contributed by atoms with Crippen LogP contribution in [0.25, 0.3) is 5.65 Å². The second-order valence-electron chi connectivity index (χ2n) is 5.37. The van der Waals surface area contributed by atoms with Crippen LogP contribution in [0.4, 0.5) is 4.39 Å². The Morgan fingerprint density at radius 3 is 2.88 bits per heavy atom. The van der Waals surface area contributed by atoms with Crippen LogP contribution in [0.5, 0.6) is 0 Å². The summed E-state index contributed by atoms with van der Waals surface area (Å²) in [4.78, 5) is 16.3. The lowest BCUT2D eigenvalue weighted by molar-refractivity contribution is -0.120. The largest absolute Gasteiger partial charge is 0.355 e. The molecule has 0 fully saturated rings. The van der Waals surface area contributed by atoms with Crippen molar-refractivity contribution in [2.75, 3.05) is 12.3 Å². The zero-order valence-corrected chi connectivity index (χ0v) is 13.9. The highest BCUT2D eigenvalue weighted by atomic mass is 32.2. The maximum atomic E-state index is 13.5. The van der Waals surface area contributed by atoms with Gasteiger partial charge in [0.15, 0.2) is 0 Å². The highest BCUT2D eigenvalue weighted by molar-refractivity contribution is 7.98. The van der Waals surface area contributed by atoms with Gasteiger partial charge < -0.3 is 9.72 Å². The van der Waals surface area contributed by atoms with Crippen LogP contribution in [0.15, 0.2) is 54.9 Å². The number of fused-ring (bicyclic) bond motifs is 1. The lowest BCUT2D eigenvalue weighted by Crippen LogP contribution is -2.27. The molecule has 3 aromatic rings. The molecule has 24 heavy (non-hydrogen) atoms. The van der Waals surface area contributed by atoms with Crippen LogP contribution < -0.4 is 5.32 Å². The van der Waals surface area contributed by atoms with E-state index in [1.165, 1.54) is 6.07 Å². The summed E-state index contributed by atoms with van der Waals surface area (Å²) in [5.74, 6) is 1.12. The second-order valence-corrected chi connectivity index (χ2v) is 6.47. The molecular weight excluding hydrogens is 325 g/mol. The van der Waals surface area contributed by atoms with Gasteiger partial charge in [-0.3, -0.25) is 4.79 Å². The molecule has 1 aromatic carbocycles. The zero-order valence-electron chi connectivity index (χ0n) is 13.1. The smallest absolute Gasteiger partial charge is 0.226 e. The number of benzene rings is 1. The summed E-state index contributed by atoms with van der Waals surface area (Å²) >= 11 is 1.60. The van der Waals surface area contributed by atoms with E-state index >= 15 is 0 Å². The molecule has 2 aromatic heterocycles. The Morgan fingerprint density at radius 1 is 1.21 bits per heavy atom. The third kappa shape index (κ3) is 4.35. The number of rotatable bonds is 7. The molecule has 0 radical (unpaired) electrons. The first-order chi connectivity index (χ1) is 11.7. The number of nitrogens with one attached hydrogen (secondary N) is 1. The third-order valence-electron chi connectivity index (χ3n) is 3.54. The third-order valence-corrected chi connectivity index (χ3v) is 4.55. The summed E-state index contributed by atoms with van der Waals surface area (Å²) in [7, 11) is 0. The minimum atomic E-state index is -0.180. The molecule has 0 saturated carbocycles. The number of carbonyl (C=O) groups excluding carboxylic acids is 1. The van der Waals surface area contributed by atoms with Gasteiger partial charge >= 0.3 is 0 Å². The van der Waals surface area contributed by atoms with Crippen molar-refractivity contribution in [1.82, 2.24) is 14.7 Å². The number of hydrogen-bond donors (Lipinski definition) is 1. The molecule has 0 spiro atoms. The molecule has 0 aliphatic carbocycles. The number of halogens is 1. The number of amides is 1. The average molecular weight is 343 g/mol. The van der Waals surface area contributed by atoms with Crippen molar-refractivity contribution in [3.8, 4) is 0 Å². The molecule has 6 heteroatoms. The van der Waals surface area contributed by atoms with Gasteiger partial charge in [-0.05, 0) is 23.8 Å². The number of aromatic nitrogens is 2. The zero-order chi connectivity index (χ0) is 16.8. The summed E-state index contributed by atoms with van der Waals surface area (Å²) in [5, 5.41) is 2.87. The Kier molecular flexibility index (Phi) is 5.48. The van der Waals surface area contributed by atoms with Crippen molar-refractivity contribution in [2.45, 2.75) is 12.2 Å². The molecule has 0 aliphatic heterocycles. The van der Waals surface area contributed by atoms with E-state index in [2.05, 4.69) is 10.3 Å². The topological polar surface area (TPSA) is 46.4 Å². The standard InChI is InChI=1S/C18H18FN3OS/c19-16-6-2-1-5-14(16)13-24-10-8-20-18(23)11-15-12-22-9-4-3-7-17(22)21-15/h1-7,9,12H,8,10-11,13H2,(H,20,23). The van der Waals surface area contributed by atoms with Crippen LogP contribution in [-0.4, -0.2) is 27.6 Å². The summed E-state index contributed by atoms with van der Waals surface area (Å²) < 4.78 is 15.4. The molecule has 0 bridgehead atoms. The molecule has 0 atom stereocenters. The maximum absolute atomic E-state index is 13.5. The van der Waals surface area contributed by atoms with E-state index in [1.807, 2.05) is 41.1 Å². The highest BCUT2D eigenvalue weighted by Crippen LogP contribution is 2.14. The van der Waals surface area contributed by atoms with Crippen molar-refractivity contribution >= 4 is 23.3 Å². The lowest BCUT2D eigenvalue weighted by Gasteiger charge is -2.05. The van der Waals surface area contributed by atoms with Gasteiger partial charge in [0.05, 0.1) is 12.1 Å². The average Bonchev–Trinajstić information content (AvgIpc) is 2.98. The maximum Gasteiger partial charge on any atom is 0.226 e. The first-order valence-electron chi connectivity index (χ1n) is 7.73. The van der Waals surface area contributed by atoms with Crippen LogP contribution in [-0.2, 0) is 17.0 Å². The van der Waals surface area contributed by atoms with Crippen molar-refractivity contribution in [3.05, 3.63) is 71.9 Å². The van der Waals surface area contributed by atoms with E-state index in [9.17, 15) is 9.18 Å². The molecule has 3 rings (SSSR count). The van der Waals surface area contributed by atoms with Crippen molar-refractivity contribution in [2.24, 2.45) is 0 Å². The number of hydrogen-bond acceptors (Lipinski definition) is 3. The van der Waals surface area contributed by atoms with Crippen LogP contribution in [0.1, 0.15) is 11.3 Å². The first-order valence-corrected chi connectivity index (χ1v) is 8.88. The Bertz CT molecular complexity index is 801. The van der Waals surface area contributed by atoms with Gasteiger partial charge in [-0.1, -0.05) is 24.3 Å². The number of pyridine rings is 1. The van der Waals surface area contributed by atoms with Gasteiger partial charge in [-0.25, -0.2) is 9.37 Å². The summed E-state index contributed by atoms with van der Waals surface area (Å²) in [6.45, 7) is 0.561. The lowest BCUT2D eigenvalue weighted by atomic mass is 10.2. The quantitative estimate of drug-likeness (QED) is 0.671. The minimum Gasteiger partial charge on any atom is -0.355 e. The van der Waals surface area contributed by atoms with Crippen LogP contribution in [0, 0.1) is 5.82 Å². The normalized spacial score (nSPS) is 10.9. The van der Waals surface area contributed by atoms with Crippen molar-refractivity contribution in [1.29, 1.82) is 0 Å². The number of carbonyl (C=O) groups is 1. The second kappa shape index (κ2) is 7.97. The first kappa shape index (κ1) is 16.5. The van der Waals surface area contributed by atoms with E-state index in [4.69, 9.17) is 0 Å². The SMILES string of the molecule is O=C(Cc1cn2ccccc2n1)NCCSCc1ccccc1F. The summed E-state index contributed by atoms with van der Waals surface area (Å²) in [5.41, 5.74) is 2.27. The summed E-state index contributed by atoms with van der Waals surface area (Å²) in [6.07, 6.45) is 4.03. The molecule has 1 amide bonds. The Hall–Kier alpha value is -2.34. The molecule has 4 nitrogen and oxygen atoms in total. The van der Waals surface area contributed by atoms with E-state index in [0.29, 0.717) is 17.9 Å². The molecule has 124 valence electrons. The predicted octanol–water partition coefficient (Wildman–Crippen LogP) is 3.07. The van der Waals surface area contributed by atoms with E-state index in [-0.39, 0.29) is 18.1 Å². The van der Waals surface area contributed by atoms with Crippen LogP contribution in [0.3, 0.4) is 0 Å². The molecule has 0 saturated heterocycles. The fourth-order valence-corrected chi connectivity index (χ4v) is 3.20. The molecule has 0 unspecified atom stereocenters. The number of thioether (sulfide) groups is 1. The fourth-order valence-electron chi connectivity index (χ4n) is 2.36. The van der Waals surface area contributed by atoms with Crippen molar-refractivity contribution < 1.29 is 9.18 Å². The molecule has 0 aliphatic rings. The number of nitrogens with zero attached hydrogens (tertiary/aromatic N) is 2. The van der Waals surface area contributed by atoms with Crippen molar-refractivity contribution in [3.63, 3.8) is 0 Å². The molecule has 1 N–H and O–H groups in total. The van der Waals surface area contributed by atoms with Crippen LogP contribution >= 0.6 is 11.8 Å². The van der Waals surface area contributed by atoms with Gasteiger partial charge in [-0.15, -0.1) is 0 Å². The summed E-state index contributed by atoms with van der Waals surface area (Å²) in [6, 6.07) is 12.5. The highest BCUT2D eigenvalue weighted by Gasteiger charge is 2.07. The fraction of sp³-hybridized carbons (Fsp3) is 0.222. The molecular formula is C18H18FN3OS. The Balaban J connectivity index is 1.39. The monoisotopic (exact) mass is 343 g/mol. The van der Waals surface area contributed by atoms with Crippen LogP contribution in [0.2, 0.25) is 0 Å². The van der Waals surface area contributed by atoms with Gasteiger partial charge in [0.1, 0.15) is 11.5 Å². The predicted molar refractivity (Wildman–Crippen MR) is 94.5 cm³/mol. The van der Waals surface area contributed by atoms with Gasteiger partial charge in [-0.2, -0.15) is 11.8 Å². The van der Waals surface area contributed by atoms with E-state index < -0.39 is 0 Å². The Morgan fingerprint density at radius 2 is 2.04 bits per heavy atom. The van der Waals surface area contributed by atoms with E-state index in [0.717, 1.165) is 17.1 Å². The van der Waals surface area contributed by atoms with Gasteiger partial charge in [0, 0.05) is 30.4 Å². The van der Waals surface area contributed by atoms with Gasteiger partial charge in [0.2, 0.25) is 5.91 Å².